The van der Waals surface area contributed by atoms with Crippen molar-refractivity contribution in [3.05, 3.63) is 41.7 Å². The van der Waals surface area contributed by atoms with Crippen LogP contribution in [0.4, 0.5) is 0 Å². The molecule has 0 aliphatic rings. The van der Waals surface area contributed by atoms with Crippen LogP contribution < -0.4 is 5.73 Å². The molecule has 20 heavy (non-hydrogen) atoms. The van der Waals surface area contributed by atoms with Gasteiger partial charge in [0.1, 0.15) is 0 Å². The van der Waals surface area contributed by atoms with Crippen LogP contribution in [0, 0.1) is 0 Å². The Hall–Kier alpha value is -1.68. The number of nitrogens with zero attached hydrogens (tertiary/aromatic N) is 3. The van der Waals surface area contributed by atoms with Gasteiger partial charge in [0.15, 0.2) is 0 Å². The number of rotatable bonds is 5. The predicted octanol–water partition coefficient (Wildman–Crippen LogP) is 2.85. The quantitative estimate of drug-likeness (QED) is 0.851. The van der Waals surface area contributed by atoms with Gasteiger partial charge in [0, 0.05) is 0 Å². The third kappa shape index (κ3) is 3.45. The highest BCUT2D eigenvalue weighted by atomic mass is 15.4. The van der Waals surface area contributed by atoms with Crippen molar-refractivity contribution in [2.45, 2.75) is 45.4 Å². The summed E-state index contributed by atoms with van der Waals surface area (Å²) in [5, 5.41) is 8.53. The molecule has 0 radical (unpaired) electrons. The smallest absolute Gasteiger partial charge is 0.0831 e. The SMILES string of the molecule is CC(C)(C)c1ccccc1-n1cc(CCCCN)nn1. The average molecular weight is 272 g/mol. The predicted molar refractivity (Wildman–Crippen MR) is 82.1 cm³/mol. The minimum atomic E-state index is 0.0856. The van der Waals surface area contributed by atoms with Crippen molar-refractivity contribution < 1.29 is 0 Å². The third-order valence-corrected chi connectivity index (χ3v) is 3.39. The van der Waals surface area contributed by atoms with Crippen LogP contribution in [-0.2, 0) is 11.8 Å². The lowest BCUT2D eigenvalue weighted by Crippen LogP contribution is -2.15. The van der Waals surface area contributed by atoms with Gasteiger partial charge in [-0.25, -0.2) is 4.68 Å². The van der Waals surface area contributed by atoms with Crippen molar-refractivity contribution in [2.75, 3.05) is 6.54 Å². The van der Waals surface area contributed by atoms with Crippen molar-refractivity contribution >= 4 is 0 Å². The molecule has 1 aromatic carbocycles. The van der Waals surface area contributed by atoms with Gasteiger partial charge in [0.25, 0.3) is 0 Å². The Morgan fingerprint density at radius 3 is 2.60 bits per heavy atom. The van der Waals surface area contributed by atoms with Gasteiger partial charge in [-0.1, -0.05) is 44.2 Å². The van der Waals surface area contributed by atoms with Crippen LogP contribution in [0.25, 0.3) is 5.69 Å². The Labute approximate surface area is 121 Å². The fraction of sp³-hybridized carbons (Fsp3) is 0.500. The number of unbranched alkanes of at least 4 members (excludes halogenated alkanes) is 1. The largest absolute Gasteiger partial charge is 0.330 e. The molecule has 0 saturated carbocycles. The molecular weight excluding hydrogens is 248 g/mol. The van der Waals surface area contributed by atoms with Crippen LogP contribution in [0.1, 0.15) is 44.9 Å². The molecule has 0 fully saturated rings. The minimum Gasteiger partial charge on any atom is -0.330 e. The number of hydrogen-bond donors (Lipinski definition) is 1. The zero-order chi connectivity index (χ0) is 14.6. The van der Waals surface area contributed by atoms with E-state index >= 15 is 0 Å². The lowest BCUT2D eigenvalue weighted by atomic mass is 9.86. The van der Waals surface area contributed by atoms with E-state index < -0.39 is 0 Å². The zero-order valence-electron chi connectivity index (χ0n) is 12.6. The van der Waals surface area contributed by atoms with Crippen molar-refractivity contribution in [3.8, 4) is 5.69 Å². The second-order valence-corrected chi connectivity index (χ2v) is 6.17. The molecule has 2 N–H and O–H groups in total. The van der Waals surface area contributed by atoms with Gasteiger partial charge in [-0.2, -0.15) is 0 Å². The zero-order valence-corrected chi connectivity index (χ0v) is 12.6. The molecule has 1 aromatic heterocycles. The monoisotopic (exact) mass is 272 g/mol. The molecule has 4 heteroatoms. The van der Waals surface area contributed by atoms with Crippen molar-refractivity contribution in [3.63, 3.8) is 0 Å². The molecule has 0 amide bonds. The van der Waals surface area contributed by atoms with Crippen molar-refractivity contribution in [1.82, 2.24) is 15.0 Å². The summed E-state index contributed by atoms with van der Waals surface area (Å²) in [5.41, 5.74) is 9.02. The first-order valence-electron chi connectivity index (χ1n) is 7.23. The van der Waals surface area contributed by atoms with E-state index in [-0.39, 0.29) is 5.41 Å². The van der Waals surface area contributed by atoms with Crippen LogP contribution in [0.15, 0.2) is 30.5 Å². The van der Waals surface area contributed by atoms with Crippen molar-refractivity contribution in [1.29, 1.82) is 0 Å². The first-order valence-corrected chi connectivity index (χ1v) is 7.23. The van der Waals surface area contributed by atoms with Gasteiger partial charge < -0.3 is 5.73 Å². The summed E-state index contributed by atoms with van der Waals surface area (Å²) < 4.78 is 1.89. The maximum absolute atomic E-state index is 5.52. The molecule has 1 heterocycles. The molecule has 0 bridgehead atoms. The standard InChI is InChI=1S/C16H24N4/c1-16(2,3)14-9-4-5-10-15(14)20-12-13(18-19-20)8-6-7-11-17/h4-5,9-10,12H,6-8,11,17H2,1-3H3. The van der Waals surface area contributed by atoms with E-state index in [1.54, 1.807) is 0 Å². The van der Waals surface area contributed by atoms with Gasteiger partial charge in [-0.05, 0) is 42.9 Å². The lowest BCUT2D eigenvalue weighted by Gasteiger charge is -2.22. The summed E-state index contributed by atoms with van der Waals surface area (Å²) >= 11 is 0. The van der Waals surface area contributed by atoms with E-state index in [2.05, 4.69) is 49.3 Å². The van der Waals surface area contributed by atoms with Crippen molar-refractivity contribution in [2.24, 2.45) is 5.73 Å². The number of aryl methyl sites for hydroxylation is 1. The normalized spacial score (nSPS) is 11.8. The summed E-state index contributed by atoms with van der Waals surface area (Å²) in [5.74, 6) is 0. The molecule has 0 saturated heterocycles. The van der Waals surface area contributed by atoms with Crippen LogP contribution in [0.5, 0.6) is 0 Å². The topological polar surface area (TPSA) is 56.7 Å². The molecule has 0 spiro atoms. The number of hydrogen-bond acceptors (Lipinski definition) is 3. The molecule has 0 aliphatic carbocycles. The van der Waals surface area contributed by atoms with Gasteiger partial charge in [-0.3, -0.25) is 0 Å². The highest BCUT2D eigenvalue weighted by molar-refractivity contribution is 5.44. The Morgan fingerprint density at radius 2 is 1.90 bits per heavy atom. The summed E-state index contributed by atoms with van der Waals surface area (Å²) in [7, 11) is 0. The molecule has 2 rings (SSSR count). The summed E-state index contributed by atoms with van der Waals surface area (Å²) in [6, 6.07) is 8.37. The first-order chi connectivity index (χ1) is 9.52. The highest BCUT2D eigenvalue weighted by Crippen LogP contribution is 2.27. The second kappa shape index (κ2) is 6.18. The number of benzene rings is 1. The summed E-state index contributed by atoms with van der Waals surface area (Å²) in [6.07, 6.45) is 5.07. The number of aromatic nitrogens is 3. The Kier molecular flexibility index (Phi) is 4.55. The fourth-order valence-electron chi connectivity index (χ4n) is 2.29. The van der Waals surface area contributed by atoms with E-state index in [0.717, 1.165) is 37.2 Å². The molecule has 108 valence electrons. The van der Waals surface area contributed by atoms with E-state index in [9.17, 15) is 0 Å². The van der Waals surface area contributed by atoms with Gasteiger partial charge in [-0.15, -0.1) is 5.10 Å². The average Bonchev–Trinajstić information content (AvgIpc) is 2.87. The van der Waals surface area contributed by atoms with E-state index in [1.165, 1.54) is 5.56 Å². The molecular formula is C16H24N4. The second-order valence-electron chi connectivity index (χ2n) is 6.17. The summed E-state index contributed by atoms with van der Waals surface area (Å²) in [6.45, 7) is 7.38. The Balaban J connectivity index is 2.24. The van der Waals surface area contributed by atoms with E-state index in [0.29, 0.717) is 0 Å². The van der Waals surface area contributed by atoms with Gasteiger partial charge in [0.05, 0.1) is 17.6 Å². The Bertz CT molecular complexity index is 552. The molecule has 0 aliphatic heterocycles. The van der Waals surface area contributed by atoms with Gasteiger partial charge in [0.2, 0.25) is 0 Å². The lowest BCUT2D eigenvalue weighted by molar-refractivity contribution is 0.582. The molecule has 0 atom stereocenters. The maximum Gasteiger partial charge on any atom is 0.0831 e. The van der Waals surface area contributed by atoms with Crippen LogP contribution in [-0.4, -0.2) is 21.5 Å². The van der Waals surface area contributed by atoms with E-state index in [4.69, 9.17) is 5.73 Å². The maximum atomic E-state index is 5.52. The minimum absolute atomic E-state index is 0.0856. The van der Waals surface area contributed by atoms with Crippen LogP contribution >= 0.6 is 0 Å². The molecule has 0 unspecified atom stereocenters. The van der Waals surface area contributed by atoms with Gasteiger partial charge >= 0.3 is 0 Å². The fourth-order valence-corrected chi connectivity index (χ4v) is 2.29. The van der Waals surface area contributed by atoms with Crippen LogP contribution in [0.3, 0.4) is 0 Å². The molecule has 2 aromatic rings. The van der Waals surface area contributed by atoms with E-state index in [1.807, 2.05) is 16.9 Å². The van der Waals surface area contributed by atoms with Crippen LogP contribution in [0.2, 0.25) is 0 Å². The number of nitrogens with two attached hydrogens (primary N) is 1. The molecule has 4 nitrogen and oxygen atoms in total. The summed E-state index contributed by atoms with van der Waals surface area (Å²) in [4.78, 5) is 0. The highest BCUT2D eigenvalue weighted by Gasteiger charge is 2.19. The Morgan fingerprint density at radius 1 is 1.15 bits per heavy atom. The first kappa shape index (κ1) is 14.7. The third-order valence-electron chi connectivity index (χ3n) is 3.39. The number of para-hydroxylation sites is 1.